The molecule has 2 aliphatic rings. The summed E-state index contributed by atoms with van der Waals surface area (Å²) in [5, 5.41) is -0.164. The average molecular weight is 502 g/mol. The Kier molecular flexibility index (Phi) is 8.29. The quantitative estimate of drug-likeness (QED) is 0.430. The number of nitrogens with zero attached hydrogens (tertiary/aromatic N) is 3. The Labute approximate surface area is 197 Å². The second kappa shape index (κ2) is 10.8. The molecule has 2 fully saturated rings. The van der Waals surface area contributed by atoms with Gasteiger partial charge in [-0.2, -0.15) is 4.72 Å². The molecule has 13 heteroatoms. The van der Waals surface area contributed by atoms with Crippen molar-refractivity contribution in [2.75, 3.05) is 57.9 Å². The van der Waals surface area contributed by atoms with Gasteiger partial charge in [-0.1, -0.05) is 17.7 Å². The number of sulfonamides is 1. The van der Waals surface area contributed by atoms with Crippen molar-refractivity contribution in [1.29, 1.82) is 0 Å². The maximum atomic E-state index is 13.1. The largest absolute Gasteiger partial charge is 0.383 e. The minimum absolute atomic E-state index is 0.158. The lowest BCUT2D eigenvalue weighted by Crippen LogP contribution is -2.58. The highest BCUT2D eigenvalue weighted by Gasteiger charge is 2.36. The number of amides is 3. The number of methoxy groups -OCH3 is 1. The summed E-state index contributed by atoms with van der Waals surface area (Å²) in [6.45, 7) is 3.45. The van der Waals surface area contributed by atoms with Crippen LogP contribution in [0.25, 0.3) is 0 Å². The highest BCUT2D eigenvalue weighted by molar-refractivity contribution is 7.89. The van der Waals surface area contributed by atoms with Crippen LogP contribution in [-0.4, -0.2) is 95.0 Å². The molecule has 0 unspecified atom stereocenters. The Bertz CT molecular complexity index is 1010. The predicted molar refractivity (Wildman–Crippen MR) is 121 cm³/mol. The molecule has 0 saturated carbocycles. The van der Waals surface area contributed by atoms with E-state index in [4.69, 9.17) is 22.1 Å². The van der Waals surface area contributed by atoms with E-state index < -0.39 is 27.9 Å². The summed E-state index contributed by atoms with van der Waals surface area (Å²) in [6, 6.07) is 2.45. The summed E-state index contributed by atoms with van der Waals surface area (Å²) in [5.74, 6) is -2.00. The van der Waals surface area contributed by atoms with Gasteiger partial charge in [-0.05, 0) is 18.6 Å². The van der Waals surface area contributed by atoms with Gasteiger partial charge in [0.15, 0.2) is 6.04 Å². The molecule has 0 spiro atoms. The van der Waals surface area contributed by atoms with Gasteiger partial charge in [0.05, 0.1) is 17.3 Å². The van der Waals surface area contributed by atoms with Crippen molar-refractivity contribution in [2.45, 2.75) is 23.8 Å². The zero-order chi connectivity index (χ0) is 24.2. The maximum absolute atomic E-state index is 13.1. The van der Waals surface area contributed by atoms with Crippen LogP contribution in [-0.2, 0) is 29.1 Å². The fraction of sp³-hybridized carbons (Fsp3) is 0.550. The third-order valence-corrected chi connectivity index (χ3v) is 7.67. The summed E-state index contributed by atoms with van der Waals surface area (Å²) in [5.41, 5.74) is 5.64. The first kappa shape index (κ1) is 25.4. The topological polar surface area (TPSA) is 142 Å². The monoisotopic (exact) mass is 501 g/mol. The number of primary amides is 1. The molecule has 0 aromatic heterocycles. The number of piperazine rings is 1. The highest BCUT2D eigenvalue weighted by atomic mass is 35.5. The number of nitrogens with two attached hydrogens (primary N) is 1. The summed E-state index contributed by atoms with van der Waals surface area (Å²) < 4.78 is 33.3. The van der Waals surface area contributed by atoms with E-state index in [9.17, 15) is 22.8 Å². The standard InChI is InChI=1S/C20H28ClN5O6S/c1-32-13-12-24-8-10-25(11-9-24)20(29)18(19(22)28)23-33(30,31)15-5-2-4-14(17(15)21)26-7-3-6-16(26)27/h2,4-5,18,23H,3,6-13H2,1H3,(H2,22,28)/t18-/m0/s1. The van der Waals surface area contributed by atoms with Gasteiger partial charge in [0.25, 0.3) is 5.91 Å². The number of carbonyl (C=O) groups excluding carboxylic acids is 3. The Morgan fingerprint density at radius 3 is 2.48 bits per heavy atom. The van der Waals surface area contributed by atoms with Crippen LogP contribution in [0.3, 0.4) is 0 Å². The number of benzene rings is 1. The van der Waals surface area contributed by atoms with Crippen molar-refractivity contribution < 1.29 is 27.5 Å². The number of anilines is 1. The first-order chi connectivity index (χ1) is 15.7. The molecule has 1 atom stereocenters. The van der Waals surface area contributed by atoms with Crippen LogP contribution in [0.15, 0.2) is 23.1 Å². The Morgan fingerprint density at radius 1 is 1.21 bits per heavy atom. The number of rotatable bonds is 9. The predicted octanol–water partition coefficient (Wildman–Crippen LogP) is -0.610. The zero-order valence-electron chi connectivity index (χ0n) is 18.3. The van der Waals surface area contributed by atoms with Crippen LogP contribution in [0.4, 0.5) is 5.69 Å². The lowest BCUT2D eigenvalue weighted by atomic mass is 10.2. The van der Waals surface area contributed by atoms with E-state index in [-0.39, 0.29) is 21.5 Å². The second-order valence-electron chi connectivity index (χ2n) is 7.85. The number of hydrogen-bond acceptors (Lipinski definition) is 7. The molecule has 0 aliphatic carbocycles. The minimum atomic E-state index is -4.41. The average Bonchev–Trinajstić information content (AvgIpc) is 3.21. The van der Waals surface area contributed by atoms with Gasteiger partial charge in [-0.3, -0.25) is 19.3 Å². The molecule has 2 saturated heterocycles. The minimum Gasteiger partial charge on any atom is -0.383 e. The van der Waals surface area contributed by atoms with Gasteiger partial charge in [0, 0.05) is 52.8 Å². The van der Waals surface area contributed by atoms with Crippen molar-refractivity contribution in [2.24, 2.45) is 5.73 Å². The van der Waals surface area contributed by atoms with Gasteiger partial charge in [-0.25, -0.2) is 8.42 Å². The number of halogens is 1. The van der Waals surface area contributed by atoms with E-state index in [0.29, 0.717) is 58.7 Å². The van der Waals surface area contributed by atoms with Crippen LogP contribution in [0.2, 0.25) is 5.02 Å². The van der Waals surface area contributed by atoms with E-state index in [1.807, 2.05) is 0 Å². The Balaban J connectivity index is 1.76. The number of nitrogens with one attached hydrogen (secondary N) is 1. The van der Waals surface area contributed by atoms with Crippen molar-refractivity contribution in [3.63, 3.8) is 0 Å². The van der Waals surface area contributed by atoms with Gasteiger partial charge >= 0.3 is 0 Å². The molecule has 2 aliphatic heterocycles. The fourth-order valence-corrected chi connectivity index (χ4v) is 5.65. The van der Waals surface area contributed by atoms with E-state index >= 15 is 0 Å². The third kappa shape index (κ3) is 5.82. The maximum Gasteiger partial charge on any atom is 0.250 e. The van der Waals surface area contributed by atoms with Gasteiger partial charge in [0.1, 0.15) is 4.90 Å². The molecule has 0 radical (unpaired) electrons. The molecule has 1 aromatic carbocycles. The SMILES string of the molecule is COCCN1CCN(C(=O)[C@@H](NS(=O)(=O)c2cccc(N3CCCC3=O)c2Cl)C(N)=O)CC1. The Hall–Kier alpha value is -2.25. The van der Waals surface area contributed by atoms with Crippen LogP contribution in [0.1, 0.15) is 12.8 Å². The van der Waals surface area contributed by atoms with Crippen molar-refractivity contribution in [3.05, 3.63) is 23.2 Å². The van der Waals surface area contributed by atoms with E-state index in [1.165, 1.54) is 21.9 Å². The van der Waals surface area contributed by atoms with Gasteiger partial charge < -0.3 is 20.3 Å². The number of hydrogen-bond donors (Lipinski definition) is 2. The molecule has 3 N–H and O–H groups in total. The third-order valence-electron chi connectivity index (χ3n) is 5.70. The smallest absolute Gasteiger partial charge is 0.250 e. The normalized spacial score (nSPS) is 18.5. The molecule has 1 aromatic rings. The van der Waals surface area contributed by atoms with E-state index in [2.05, 4.69) is 9.62 Å². The van der Waals surface area contributed by atoms with Crippen LogP contribution >= 0.6 is 11.6 Å². The summed E-state index contributed by atoms with van der Waals surface area (Å²) >= 11 is 6.35. The lowest BCUT2D eigenvalue weighted by molar-refractivity contribution is -0.139. The molecule has 11 nitrogen and oxygen atoms in total. The number of carbonyl (C=O) groups is 3. The first-order valence-corrected chi connectivity index (χ1v) is 12.4. The molecular formula is C20H28ClN5O6S. The molecular weight excluding hydrogens is 474 g/mol. The van der Waals surface area contributed by atoms with Crippen LogP contribution in [0, 0.1) is 0 Å². The zero-order valence-corrected chi connectivity index (χ0v) is 19.9. The first-order valence-electron chi connectivity index (χ1n) is 10.6. The molecule has 33 heavy (non-hydrogen) atoms. The highest BCUT2D eigenvalue weighted by Crippen LogP contribution is 2.34. The van der Waals surface area contributed by atoms with E-state index in [0.717, 1.165) is 0 Å². The fourth-order valence-electron chi connectivity index (χ4n) is 3.86. The van der Waals surface area contributed by atoms with Crippen molar-refractivity contribution >= 4 is 45.0 Å². The van der Waals surface area contributed by atoms with Crippen LogP contribution in [0.5, 0.6) is 0 Å². The Morgan fingerprint density at radius 2 is 1.91 bits per heavy atom. The molecule has 3 amide bonds. The molecule has 0 bridgehead atoms. The van der Waals surface area contributed by atoms with Crippen molar-refractivity contribution in [3.8, 4) is 0 Å². The van der Waals surface area contributed by atoms with Gasteiger partial charge in [0.2, 0.25) is 21.8 Å². The number of ether oxygens (including phenoxy) is 1. The lowest BCUT2D eigenvalue weighted by Gasteiger charge is -2.35. The summed E-state index contributed by atoms with van der Waals surface area (Å²) in [7, 11) is -2.80. The molecule has 2 heterocycles. The van der Waals surface area contributed by atoms with Gasteiger partial charge in [-0.15, -0.1) is 0 Å². The summed E-state index contributed by atoms with van der Waals surface area (Å²) in [6.07, 6.45) is 0.990. The van der Waals surface area contributed by atoms with Crippen LogP contribution < -0.4 is 15.4 Å². The van der Waals surface area contributed by atoms with E-state index in [1.54, 1.807) is 13.2 Å². The molecule has 182 valence electrons. The molecule has 3 rings (SSSR count). The second-order valence-corrected chi connectivity index (χ2v) is 9.91. The van der Waals surface area contributed by atoms with Crippen molar-refractivity contribution in [1.82, 2.24) is 14.5 Å². The summed E-state index contributed by atoms with van der Waals surface area (Å²) in [4.78, 5) is 41.6.